The van der Waals surface area contributed by atoms with Gasteiger partial charge in [-0.25, -0.2) is 0 Å². The van der Waals surface area contributed by atoms with E-state index in [0.717, 1.165) is 12.1 Å². The summed E-state index contributed by atoms with van der Waals surface area (Å²) in [7, 11) is 0. The molecule has 0 unspecified atom stereocenters. The SMILES string of the molecule is O=C(CCNC1CCCCC1)c1ccccc1.OCl. The zero-order chi connectivity index (χ0) is 13.9. The molecule has 0 saturated heterocycles. The molecule has 0 bridgehead atoms. The van der Waals surface area contributed by atoms with Gasteiger partial charge in [-0.05, 0) is 12.8 Å². The van der Waals surface area contributed by atoms with Crippen LogP contribution in [0.25, 0.3) is 0 Å². The molecule has 1 aliphatic carbocycles. The van der Waals surface area contributed by atoms with Gasteiger partial charge in [0.25, 0.3) is 0 Å². The van der Waals surface area contributed by atoms with E-state index in [1.807, 2.05) is 30.3 Å². The molecule has 0 radical (unpaired) electrons. The van der Waals surface area contributed by atoms with Crippen LogP contribution in [0, 0.1) is 0 Å². The van der Waals surface area contributed by atoms with Gasteiger partial charge >= 0.3 is 0 Å². The Kier molecular flexibility index (Phi) is 8.47. The van der Waals surface area contributed by atoms with Crippen molar-refractivity contribution in [2.24, 2.45) is 0 Å². The molecule has 0 atom stereocenters. The number of nitrogens with one attached hydrogen (secondary N) is 1. The number of benzene rings is 1. The lowest BCUT2D eigenvalue weighted by atomic mass is 9.95. The Morgan fingerprint density at radius 3 is 2.42 bits per heavy atom. The van der Waals surface area contributed by atoms with E-state index in [4.69, 9.17) is 4.66 Å². The molecule has 0 heterocycles. The minimum atomic E-state index is 0.244. The van der Waals surface area contributed by atoms with Crippen LogP contribution in [0.3, 0.4) is 0 Å². The minimum absolute atomic E-state index is 0.244. The zero-order valence-electron chi connectivity index (χ0n) is 11.1. The summed E-state index contributed by atoms with van der Waals surface area (Å²) in [6.07, 6.45) is 7.22. The smallest absolute Gasteiger partial charge is 0.164 e. The Morgan fingerprint density at radius 2 is 1.79 bits per heavy atom. The quantitative estimate of drug-likeness (QED) is 0.815. The molecule has 106 valence electrons. The largest absolute Gasteiger partial charge is 0.314 e. The van der Waals surface area contributed by atoms with Gasteiger partial charge in [-0.3, -0.25) is 9.45 Å². The van der Waals surface area contributed by atoms with Crippen molar-refractivity contribution >= 4 is 17.6 Å². The number of Topliss-reactive ketones (excluding diaryl/α,β-unsaturated/α-hetero) is 1. The number of carbonyl (C=O) groups excluding carboxylic acids is 1. The van der Waals surface area contributed by atoms with Gasteiger partial charge in [0.05, 0.1) is 11.9 Å². The van der Waals surface area contributed by atoms with Crippen molar-refractivity contribution in [2.75, 3.05) is 6.54 Å². The van der Waals surface area contributed by atoms with Gasteiger partial charge in [0.2, 0.25) is 0 Å². The summed E-state index contributed by atoms with van der Waals surface area (Å²) in [5.41, 5.74) is 0.831. The van der Waals surface area contributed by atoms with Crippen molar-refractivity contribution in [1.29, 1.82) is 0 Å². The first-order valence-electron chi connectivity index (χ1n) is 6.85. The van der Waals surface area contributed by atoms with Gasteiger partial charge in [-0.1, -0.05) is 49.6 Å². The van der Waals surface area contributed by atoms with Crippen molar-refractivity contribution < 1.29 is 9.45 Å². The second kappa shape index (κ2) is 9.96. The second-order valence-corrected chi connectivity index (χ2v) is 4.83. The Balaban J connectivity index is 0.000000861. The van der Waals surface area contributed by atoms with Gasteiger partial charge in [0, 0.05) is 24.6 Å². The summed E-state index contributed by atoms with van der Waals surface area (Å²) in [5, 5.41) is 3.50. The molecule has 4 heteroatoms. The highest BCUT2D eigenvalue weighted by molar-refractivity contribution is 6.04. The standard InChI is InChI=1S/C15H21NO.ClHO/c17-15(13-7-3-1-4-8-13)11-12-16-14-9-5-2-6-10-14;1-2/h1,3-4,7-8,14,16H,2,5-6,9-12H2;2H. The third-order valence-corrected chi connectivity index (χ3v) is 3.49. The minimum Gasteiger partial charge on any atom is -0.314 e. The fourth-order valence-corrected chi connectivity index (χ4v) is 2.46. The maximum atomic E-state index is 11.8. The highest BCUT2D eigenvalue weighted by atomic mass is 35.5. The summed E-state index contributed by atoms with van der Waals surface area (Å²) in [6.45, 7) is 0.818. The molecule has 1 aromatic carbocycles. The lowest BCUT2D eigenvalue weighted by Crippen LogP contribution is -2.32. The number of rotatable bonds is 5. The van der Waals surface area contributed by atoms with Gasteiger partial charge in [0.1, 0.15) is 0 Å². The molecule has 1 fully saturated rings. The molecule has 0 aromatic heterocycles. The predicted octanol–water partition coefficient (Wildman–Crippen LogP) is 3.31. The van der Waals surface area contributed by atoms with Crippen LogP contribution in [0.2, 0.25) is 0 Å². The number of hydrogen-bond donors (Lipinski definition) is 2. The van der Waals surface area contributed by atoms with Crippen LogP contribution in [0.15, 0.2) is 30.3 Å². The maximum Gasteiger partial charge on any atom is 0.164 e. The lowest BCUT2D eigenvalue weighted by molar-refractivity contribution is 0.0981. The van der Waals surface area contributed by atoms with Gasteiger partial charge in [-0.15, -0.1) is 0 Å². The average molecular weight is 284 g/mol. The van der Waals surface area contributed by atoms with Crippen LogP contribution in [-0.4, -0.2) is 23.0 Å². The van der Waals surface area contributed by atoms with Gasteiger partial charge in [0.15, 0.2) is 5.78 Å². The molecule has 3 nitrogen and oxygen atoms in total. The number of carbonyl (C=O) groups is 1. The van der Waals surface area contributed by atoms with Crippen molar-refractivity contribution in [3.63, 3.8) is 0 Å². The van der Waals surface area contributed by atoms with E-state index >= 15 is 0 Å². The van der Waals surface area contributed by atoms with E-state index in [0.29, 0.717) is 12.5 Å². The van der Waals surface area contributed by atoms with E-state index < -0.39 is 0 Å². The summed E-state index contributed by atoms with van der Waals surface area (Å²) < 4.78 is 6.47. The number of ketones is 1. The highest BCUT2D eigenvalue weighted by Gasteiger charge is 2.13. The molecule has 0 aliphatic heterocycles. The van der Waals surface area contributed by atoms with Gasteiger partial charge in [-0.2, -0.15) is 0 Å². The van der Waals surface area contributed by atoms with Crippen LogP contribution < -0.4 is 5.32 Å². The van der Waals surface area contributed by atoms with Crippen molar-refractivity contribution in [3.8, 4) is 0 Å². The van der Waals surface area contributed by atoms with Crippen LogP contribution in [0.4, 0.5) is 0 Å². The van der Waals surface area contributed by atoms with Crippen LogP contribution in [-0.2, 0) is 0 Å². The average Bonchev–Trinajstić information content (AvgIpc) is 2.51. The molecule has 1 aliphatic rings. The Morgan fingerprint density at radius 1 is 1.16 bits per heavy atom. The molecule has 0 spiro atoms. The number of halogens is 1. The maximum absolute atomic E-state index is 11.8. The van der Waals surface area contributed by atoms with Crippen LogP contribution in [0.5, 0.6) is 0 Å². The van der Waals surface area contributed by atoms with E-state index in [-0.39, 0.29) is 5.78 Å². The first-order valence-corrected chi connectivity index (χ1v) is 7.18. The Hall–Kier alpha value is -0.900. The predicted molar refractivity (Wildman–Crippen MR) is 78.3 cm³/mol. The fourth-order valence-electron chi connectivity index (χ4n) is 2.46. The highest BCUT2D eigenvalue weighted by Crippen LogP contribution is 2.17. The first-order chi connectivity index (χ1) is 9.36. The van der Waals surface area contributed by atoms with E-state index in [9.17, 15) is 4.79 Å². The van der Waals surface area contributed by atoms with E-state index in [1.165, 1.54) is 32.1 Å². The summed E-state index contributed by atoms with van der Waals surface area (Å²) in [5.74, 6) is 0.244. The Bertz CT molecular complexity index is 350. The molecule has 19 heavy (non-hydrogen) atoms. The topological polar surface area (TPSA) is 49.3 Å². The van der Waals surface area contributed by atoms with E-state index in [1.54, 1.807) is 0 Å². The van der Waals surface area contributed by atoms with Crippen molar-refractivity contribution in [3.05, 3.63) is 35.9 Å². The lowest BCUT2D eigenvalue weighted by Gasteiger charge is -2.22. The molecule has 2 N–H and O–H groups in total. The molecule has 1 aromatic rings. The molecule has 0 amide bonds. The van der Waals surface area contributed by atoms with E-state index in [2.05, 4.69) is 17.2 Å². The third kappa shape index (κ3) is 6.19. The van der Waals surface area contributed by atoms with Crippen molar-refractivity contribution in [2.45, 2.75) is 44.6 Å². The molecule has 1 saturated carbocycles. The number of hydrogen-bond acceptors (Lipinski definition) is 3. The summed E-state index contributed by atoms with van der Waals surface area (Å²) in [6, 6.07) is 10.2. The second-order valence-electron chi connectivity index (χ2n) is 4.83. The van der Waals surface area contributed by atoms with Crippen molar-refractivity contribution in [1.82, 2.24) is 5.32 Å². The molecule has 2 rings (SSSR count). The summed E-state index contributed by atoms with van der Waals surface area (Å²) in [4.78, 5) is 11.8. The van der Waals surface area contributed by atoms with Crippen LogP contribution >= 0.6 is 11.9 Å². The van der Waals surface area contributed by atoms with Gasteiger partial charge < -0.3 is 5.32 Å². The zero-order valence-corrected chi connectivity index (χ0v) is 11.9. The Labute approximate surface area is 120 Å². The summed E-state index contributed by atoms with van der Waals surface area (Å²) >= 11 is 3.64. The molecular weight excluding hydrogens is 262 g/mol. The monoisotopic (exact) mass is 283 g/mol. The normalized spacial score (nSPS) is 15.5. The molecular formula is C15H22ClNO2. The van der Waals surface area contributed by atoms with Crippen LogP contribution in [0.1, 0.15) is 48.9 Å². The third-order valence-electron chi connectivity index (χ3n) is 3.49. The first kappa shape index (κ1) is 16.2. The fraction of sp³-hybridized carbons (Fsp3) is 0.533.